The molecule has 2 aromatic carbocycles. The third-order valence-electron chi connectivity index (χ3n) is 4.18. The second-order valence-electron chi connectivity index (χ2n) is 7.36. The number of amides is 1. The van der Waals surface area contributed by atoms with E-state index in [1.807, 2.05) is 44.2 Å². The summed E-state index contributed by atoms with van der Waals surface area (Å²) in [6, 6.07) is 12.7. The molecule has 0 aliphatic rings. The van der Waals surface area contributed by atoms with Crippen LogP contribution in [-0.2, 0) is 16.4 Å². The highest BCUT2D eigenvalue weighted by Gasteiger charge is 2.35. The Labute approximate surface area is 157 Å². The fraction of sp³-hybridized carbons (Fsp3) is 0.381. The molecule has 2 rings (SSSR count). The van der Waals surface area contributed by atoms with Gasteiger partial charge in [-0.3, -0.25) is 4.79 Å². The molecule has 0 aliphatic carbocycles. The van der Waals surface area contributed by atoms with Crippen molar-refractivity contribution in [2.45, 2.75) is 39.3 Å². The van der Waals surface area contributed by atoms with E-state index in [-0.39, 0.29) is 24.0 Å². The SMILES string of the molecule is CC(C)COc1ccc(NC(=O)C(C)(C)c2ccccc2)cc1C(F)(F)F. The van der Waals surface area contributed by atoms with Crippen LogP contribution >= 0.6 is 0 Å². The van der Waals surface area contributed by atoms with E-state index in [1.165, 1.54) is 12.1 Å². The van der Waals surface area contributed by atoms with Crippen molar-refractivity contribution in [1.82, 2.24) is 0 Å². The fourth-order valence-electron chi connectivity index (χ4n) is 2.48. The van der Waals surface area contributed by atoms with Gasteiger partial charge < -0.3 is 10.1 Å². The number of rotatable bonds is 6. The maximum Gasteiger partial charge on any atom is 0.420 e. The zero-order chi connectivity index (χ0) is 20.2. The third-order valence-corrected chi connectivity index (χ3v) is 4.18. The average molecular weight is 379 g/mol. The lowest BCUT2D eigenvalue weighted by atomic mass is 9.83. The van der Waals surface area contributed by atoms with Crippen molar-refractivity contribution >= 4 is 11.6 Å². The van der Waals surface area contributed by atoms with Gasteiger partial charge in [-0.15, -0.1) is 0 Å². The number of ether oxygens (including phenoxy) is 1. The van der Waals surface area contributed by atoms with Crippen LogP contribution in [0.1, 0.15) is 38.8 Å². The summed E-state index contributed by atoms with van der Waals surface area (Å²) in [5, 5.41) is 2.59. The van der Waals surface area contributed by atoms with Crippen LogP contribution in [0.2, 0.25) is 0 Å². The summed E-state index contributed by atoms with van der Waals surface area (Å²) in [4.78, 5) is 12.7. The molecule has 1 amide bonds. The van der Waals surface area contributed by atoms with Crippen LogP contribution in [-0.4, -0.2) is 12.5 Å². The number of hydrogen-bond donors (Lipinski definition) is 1. The molecule has 27 heavy (non-hydrogen) atoms. The molecule has 0 bridgehead atoms. The van der Waals surface area contributed by atoms with Crippen LogP contribution in [0.25, 0.3) is 0 Å². The van der Waals surface area contributed by atoms with E-state index in [4.69, 9.17) is 4.74 Å². The van der Waals surface area contributed by atoms with E-state index in [9.17, 15) is 18.0 Å². The van der Waals surface area contributed by atoms with Crippen LogP contribution in [0.4, 0.5) is 18.9 Å². The second kappa shape index (κ2) is 8.03. The third kappa shape index (κ3) is 5.25. The van der Waals surface area contributed by atoms with E-state index < -0.39 is 23.1 Å². The zero-order valence-electron chi connectivity index (χ0n) is 15.9. The fourth-order valence-corrected chi connectivity index (χ4v) is 2.48. The van der Waals surface area contributed by atoms with Crippen LogP contribution in [0.3, 0.4) is 0 Å². The molecule has 2 aromatic rings. The summed E-state index contributed by atoms with van der Waals surface area (Å²) in [7, 11) is 0. The van der Waals surface area contributed by atoms with E-state index in [1.54, 1.807) is 13.8 Å². The molecular formula is C21H24F3NO2. The number of nitrogens with one attached hydrogen (secondary N) is 1. The second-order valence-corrected chi connectivity index (χ2v) is 7.36. The number of benzene rings is 2. The maximum atomic E-state index is 13.4. The van der Waals surface area contributed by atoms with Gasteiger partial charge in [0.15, 0.2) is 0 Å². The molecule has 6 heteroatoms. The molecule has 0 aromatic heterocycles. The summed E-state index contributed by atoms with van der Waals surface area (Å²) in [6.07, 6.45) is -4.58. The Balaban J connectivity index is 2.27. The topological polar surface area (TPSA) is 38.3 Å². The van der Waals surface area contributed by atoms with E-state index >= 15 is 0 Å². The molecule has 146 valence electrons. The van der Waals surface area contributed by atoms with Gasteiger partial charge in [0.1, 0.15) is 5.75 Å². The molecule has 0 saturated carbocycles. The highest BCUT2D eigenvalue weighted by Crippen LogP contribution is 2.38. The monoisotopic (exact) mass is 379 g/mol. The molecule has 1 N–H and O–H groups in total. The molecule has 0 saturated heterocycles. The van der Waals surface area contributed by atoms with Gasteiger partial charge in [-0.25, -0.2) is 0 Å². The number of carbonyl (C=O) groups excluding carboxylic acids is 1. The first-order valence-corrected chi connectivity index (χ1v) is 8.73. The number of alkyl halides is 3. The lowest BCUT2D eigenvalue weighted by Crippen LogP contribution is -2.34. The van der Waals surface area contributed by atoms with Gasteiger partial charge in [0.05, 0.1) is 17.6 Å². The van der Waals surface area contributed by atoms with Gasteiger partial charge in [-0.1, -0.05) is 44.2 Å². The van der Waals surface area contributed by atoms with Gasteiger partial charge in [0, 0.05) is 5.69 Å². The van der Waals surface area contributed by atoms with E-state index in [0.29, 0.717) is 0 Å². The summed E-state index contributed by atoms with van der Waals surface area (Å²) in [5.41, 5.74) is -0.950. The lowest BCUT2D eigenvalue weighted by molar-refractivity contribution is -0.139. The minimum Gasteiger partial charge on any atom is -0.493 e. The molecule has 0 heterocycles. The molecule has 0 aliphatic heterocycles. The first-order chi connectivity index (χ1) is 12.5. The largest absolute Gasteiger partial charge is 0.493 e. The van der Waals surface area contributed by atoms with Crippen LogP contribution in [0.5, 0.6) is 5.75 Å². The summed E-state index contributed by atoms with van der Waals surface area (Å²) in [5.74, 6) is -0.536. The highest BCUT2D eigenvalue weighted by molar-refractivity contribution is 5.98. The Morgan fingerprint density at radius 3 is 2.26 bits per heavy atom. The van der Waals surface area contributed by atoms with Crippen molar-refractivity contribution in [2.24, 2.45) is 5.92 Å². The molecule has 0 unspecified atom stereocenters. The van der Waals surface area contributed by atoms with Crippen molar-refractivity contribution in [1.29, 1.82) is 0 Å². The Hall–Kier alpha value is -2.50. The van der Waals surface area contributed by atoms with Gasteiger partial charge in [0.2, 0.25) is 5.91 Å². The van der Waals surface area contributed by atoms with E-state index in [2.05, 4.69) is 5.32 Å². The Kier molecular flexibility index (Phi) is 6.19. The molecule has 0 radical (unpaired) electrons. The van der Waals surface area contributed by atoms with Crippen molar-refractivity contribution in [3.8, 4) is 5.75 Å². The van der Waals surface area contributed by atoms with Crippen LogP contribution < -0.4 is 10.1 Å². The quantitative estimate of drug-likeness (QED) is 0.704. The minimum absolute atomic E-state index is 0.0771. The van der Waals surface area contributed by atoms with Crippen LogP contribution in [0.15, 0.2) is 48.5 Å². The predicted molar refractivity (Wildman–Crippen MR) is 99.9 cm³/mol. The van der Waals surface area contributed by atoms with Gasteiger partial charge in [-0.2, -0.15) is 13.2 Å². The van der Waals surface area contributed by atoms with Crippen molar-refractivity contribution < 1.29 is 22.7 Å². The first-order valence-electron chi connectivity index (χ1n) is 8.73. The van der Waals surface area contributed by atoms with Gasteiger partial charge in [0.25, 0.3) is 0 Å². The van der Waals surface area contributed by atoms with Crippen molar-refractivity contribution in [2.75, 3.05) is 11.9 Å². The number of carbonyl (C=O) groups is 1. The number of anilines is 1. The van der Waals surface area contributed by atoms with E-state index in [0.717, 1.165) is 11.6 Å². The van der Waals surface area contributed by atoms with Crippen molar-refractivity contribution in [3.63, 3.8) is 0 Å². The van der Waals surface area contributed by atoms with Crippen LogP contribution in [0, 0.1) is 5.92 Å². The molecular weight excluding hydrogens is 355 g/mol. The highest BCUT2D eigenvalue weighted by atomic mass is 19.4. The smallest absolute Gasteiger partial charge is 0.420 e. The average Bonchev–Trinajstić information content (AvgIpc) is 2.60. The Morgan fingerprint density at radius 1 is 1.07 bits per heavy atom. The molecule has 3 nitrogen and oxygen atoms in total. The minimum atomic E-state index is -4.58. The lowest BCUT2D eigenvalue weighted by Gasteiger charge is -2.24. The normalized spacial score (nSPS) is 12.1. The predicted octanol–water partition coefficient (Wildman–Crippen LogP) is 5.66. The molecule has 0 fully saturated rings. The Morgan fingerprint density at radius 2 is 1.70 bits per heavy atom. The number of hydrogen-bond acceptors (Lipinski definition) is 2. The summed E-state index contributed by atoms with van der Waals surface area (Å²) in [6.45, 7) is 7.34. The Bertz CT molecular complexity index is 784. The first kappa shape index (κ1) is 20.8. The van der Waals surface area contributed by atoms with Crippen molar-refractivity contribution in [3.05, 3.63) is 59.7 Å². The van der Waals surface area contributed by atoms with Gasteiger partial charge in [-0.05, 0) is 43.5 Å². The standard InChI is InChI=1S/C21H24F3NO2/c1-14(2)13-27-18-11-10-16(12-17(18)21(22,23)24)25-19(26)20(3,4)15-8-6-5-7-9-15/h5-12,14H,13H2,1-4H3,(H,25,26). The maximum absolute atomic E-state index is 13.4. The molecule has 0 atom stereocenters. The summed E-state index contributed by atoms with van der Waals surface area (Å²) >= 11 is 0. The summed E-state index contributed by atoms with van der Waals surface area (Å²) < 4.78 is 45.5. The van der Waals surface area contributed by atoms with Gasteiger partial charge >= 0.3 is 6.18 Å². The zero-order valence-corrected chi connectivity index (χ0v) is 15.9. The number of halogens is 3. The molecule has 0 spiro atoms.